The molecule has 0 unspecified atom stereocenters. The third-order valence-electron chi connectivity index (χ3n) is 4.33. The first-order chi connectivity index (χ1) is 14.0. The SMILES string of the molecule is COc1ccc(CN(Cc2c(F)cccc2Cl)C(=S)Nc2ccc(Cl)cc2)cc1. The number of thiocarbonyl (C=S) groups is 1. The van der Waals surface area contributed by atoms with Gasteiger partial charge in [0.1, 0.15) is 11.6 Å². The van der Waals surface area contributed by atoms with Crippen molar-refractivity contribution in [3.05, 3.63) is 93.7 Å². The topological polar surface area (TPSA) is 24.5 Å². The molecule has 3 aromatic rings. The monoisotopic (exact) mass is 448 g/mol. The summed E-state index contributed by atoms with van der Waals surface area (Å²) in [4.78, 5) is 1.86. The predicted molar refractivity (Wildman–Crippen MR) is 121 cm³/mol. The molecule has 0 amide bonds. The lowest BCUT2D eigenvalue weighted by Gasteiger charge is -2.27. The van der Waals surface area contributed by atoms with Crippen LogP contribution in [0.1, 0.15) is 11.1 Å². The van der Waals surface area contributed by atoms with Crippen molar-refractivity contribution in [2.45, 2.75) is 13.1 Å². The van der Waals surface area contributed by atoms with E-state index in [0.717, 1.165) is 17.0 Å². The summed E-state index contributed by atoms with van der Waals surface area (Å²) in [6.07, 6.45) is 0. The normalized spacial score (nSPS) is 10.5. The Hall–Kier alpha value is -2.34. The van der Waals surface area contributed by atoms with E-state index in [1.807, 2.05) is 41.3 Å². The fourth-order valence-electron chi connectivity index (χ4n) is 2.76. The van der Waals surface area contributed by atoms with Crippen LogP contribution in [0.15, 0.2) is 66.7 Å². The highest BCUT2D eigenvalue weighted by atomic mass is 35.5. The molecule has 0 aromatic heterocycles. The summed E-state index contributed by atoms with van der Waals surface area (Å²) >= 11 is 17.8. The highest BCUT2D eigenvalue weighted by Gasteiger charge is 2.16. The van der Waals surface area contributed by atoms with Gasteiger partial charge >= 0.3 is 0 Å². The number of ether oxygens (including phenoxy) is 1. The lowest BCUT2D eigenvalue weighted by molar-refractivity contribution is 0.400. The first-order valence-corrected chi connectivity index (χ1v) is 10.00. The van der Waals surface area contributed by atoms with Gasteiger partial charge in [-0.1, -0.05) is 41.4 Å². The Morgan fingerprint density at radius 3 is 2.31 bits per heavy atom. The van der Waals surface area contributed by atoms with E-state index in [2.05, 4.69) is 5.32 Å². The van der Waals surface area contributed by atoms with E-state index >= 15 is 0 Å². The third-order valence-corrected chi connectivity index (χ3v) is 5.29. The van der Waals surface area contributed by atoms with E-state index in [0.29, 0.717) is 27.3 Å². The van der Waals surface area contributed by atoms with Gasteiger partial charge in [-0.25, -0.2) is 4.39 Å². The quantitative estimate of drug-likeness (QED) is 0.432. The molecule has 0 fully saturated rings. The van der Waals surface area contributed by atoms with Gasteiger partial charge in [0.15, 0.2) is 5.11 Å². The van der Waals surface area contributed by atoms with Crippen LogP contribution in [0, 0.1) is 5.82 Å². The van der Waals surface area contributed by atoms with Crippen molar-refractivity contribution in [1.82, 2.24) is 4.90 Å². The summed E-state index contributed by atoms with van der Waals surface area (Å²) in [6, 6.07) is 19.5. The standard InChI is InChI=1S/C22H19Cl2FN2OS/c1-28-18-11-5-15(6-12-18)13-27(14-19-20(24)3-2-4-21(19)25)22(29)26-17-9-7-16(23)8-10-17/h2-12H,13-14H2,1H3,(H,26,29). The van der Waals surface area contributed by atoms with Gasteiger partial charge in [-0.2, -0.15) is 0 Å². The van der Waals surface area contributed by atoms with Gasteiger partial charge in [-0.15, -0.1) is 0 Å². The molecule has 1 N–H and O–H groups in total. The minimum atomic E-state index is -0.369. The van der Waals surface area contributed by atoms with Gasteiger partial charge in [0.05, 0.1) is 7.11 Å². The second-order valence-corrected chi connectivity index (χ2v) is 7.57. The Balaban J connectivity index is 1.84. The highest BCUT2D eigenvalue weighted by Crippen LogP contribution is 2.23. The van der Waals surface area contributed by atoms with E-state index in [1.54, 1.807) is 31.4 Å². The molecule has 3 aromatic carbocycles. The smallest absolute Gasteiger partial charge is 0.174 e. The molecule has 3 rings (SSSR count). The van der Waals surface area contributed by atoms with Crippen molar-refractivity contribution in [1.29, 1.82) is 0 Å². The summed E-state index contributed by atoms with van der Waals surface area (Å²) < 4.78 is 19.6. The van der Waals surface area contributed by atoms with Crippen molar-refractivity contribution < 1.29 is 9.13 Å². The number of methoxy groups -OCH3 is 1. The van der Waals surface area contributed by atoms with Gasteiger partial charge in [-0.05, 0) is 66.3 Å². The predicted octanol–water partition coefficient (Wildman–Crippen LogP) is 6.54. The summed E-state index contributed by atoms with van der Waals surface area (Å²) in [5, 5.41) is 4.62. The Morgan fingerprint density at radius 1 is 1.00 bits per heavy atom. The van der Waals surface area contributed by atoms with Crippen molar-refractivity contribution in [2.75, 3.05) is 12.4 Å². The molecule has 29 heavy (non-hydrogen) atoms. The molecule has 0 heterocycles. The molecule has 7 heteroatoms. The van der Waals surface area contributed by atoms with Crippen molar-refractivity contribution in [2.24, 2.45) is 0 Å². The summed E-state index contributed by atoms with van der Waals surface area (Å²) in [6.45, 7) is 0.686. The molecule has 0 saturated heterocycles. The van der Waals surface area contributed by atoms with Crippen molar-refractivity contribution in [3.8, 4) is 5.75 Å². The van der Waals surface area contributed by atoms with Crippen LogP contribution in [0.25, 0.3) is 0 Å². The van der Waals surface area contributed by atoms with Crippen molar-refractivity contribution >= 4 is 46.2 Å². The minimum Gasteiger partial charge on any atom is -0.497 e. The van der Waals surface area contributed by atoms with Gasteiger partial charge in [-0.3, -0.25) is 0 Å². The molecular formula is C22H19Cl2FN2OS. The largest absolute Gasteiger partial charge is 0.497 e. The van der Waals surface area contributed by atoms with Crippen LogP contribution in [0.5, 0.6) is 5.75 Å². The Labute approximate surface area is 185 Å². The summed E-state index contributed by atoms with van der Waals surface area (Å²) in [5.41, 5.74) is 2.18. The molecule has 3 nitrogen and oxygen atoms in total. The second-order valence-electron chi connectivity index (χ2n) is 6.34. The van der Waals surface area contributed by atoms with Crippen molar-refractivity contribution in [3.63, 3.8) is 0 Å². The first kappa shape index (κ1) is 21.4. The summed E-state index contributed by atoms with van der Waals surface area (Å²) in [7, 11) is 1.62. The average molecular weight is 449 g/mol. The Kier molecular flexibility index (Phi) is 7.31. The van der Waals surface area contributed by atoms with E-state index in [4.69, 9.17) is 40.2 Å². The zero-order valence-electron chi connectivity index (χ0n) is 15.7. The lowest BCUT2D eigenvalue weighted by Crippen LogP contribution is -2.34. The number of nitrogens with one attached hydrogen (secondary N) is 1. The molecular weight excluding hydrogens is 430 g/mol. The lowest BCUT2D eigenvalue weighted by atomic mass is 10.1. The molecule has 0 saturated carbocycles. The fourth-order valence-corrected chi connectivity index (χ4v) is 3.36. The third kappa shape index (κ3) is 5.82. The van der Waals surface area contributed by atoms with Crippen LogP contribution >= 0.6 is 35.4 Å². The molecule has 150 valence electrons. The van der Waals surface area contributed by atoms with Gasteiger partial charge in [0, 0.05) is 34.4 Å². The maximum atomic E-state index is 14.4. The van der Waals surface area contributed by atoms with Crippen LogP contribution in [-0.2, 0) is 13.1 Å². The molecule has 0 aliphatic rings. The van der Waals surface area contributed by atoms with Gasteiger partial charge in [0.2, 0.25) is 0 Å². The molecule has 0 aliphatic carbocycles. The molecule has 0 spiro atoms. The van der Waals surface area contributed by atoms with Gasteiger partial charge in [0.25, 0.3) is 0 Å². The summed E-state index contributed by atoms with van der Waals surface area (Å²) in [5.74, 6) is 0.394. The number of nitrogens with zero attached hydrogens (tertiary/aromatic N) is 1. The molecule has 0 radical (unpaired) electrons. The second kappa shape index (κ2) is 9.92. The van der Waals surface area contributed by atoms with Gasteiger partial charge < -0.3 is 15.0 Å². The molecule has 0 bridgehead atoms. The van der Waals surface area contributed by atoms with Crippen LogP contribution in [0.4, 0.5) is 10.1 Å². The Morgan fingerprint density at radius 2 is 1.69 bits per heavy atom. The first-order valence-electron chi connectivity index (χ1n) is 8.83. The fraction of sp³-hybridized carbons (Fsp3) is 0.136. The molecule has 0 atom stereocenters. The zero-order chi connectivity index (χ0) is 20.8. The minimum absolute atomic E-state index is 0.219. The number of halogens is 3. The average Bonchev–Trinajstić information content (AvgIpc) is 2.72. The van der Waals surface area contributed by atoms with Crippen LogP contribution < -0.4 is 10.1 Å². The maximum absolute atomic E-state index is 14.4. The number of rotatable bonds is 6. The van der Waals surface area contributed by atoms with E-state index in [-0.39, 0.29) is 12.4 Å². The number of anilines is 1. The van der Waals surface area contributed by atoms with Crippen LogP contribution in [0.2, 0.25) is 10.0 Å². The van der Waals surface area contributed by atoms with E-state index in [1.165, 1.54) is 6.07 Å². The van der Waals surface area contributed by atoms with E-state index < -0.39 is 0 Å². The maximum Gasteiger partial charge on any atom is 0.174 e. The number of hydrogen-bond donors (Lipinski definition) is 1. The zero-order valence-corrected chi connectivity index (χ0v) is 18.0. The van der Waals surface area contributed by atoms with E-state index in [9.17, 15) is 4.39 Å². The number of hydrogen-bond acceptors (Lipinski definition) is 2. The Bertz CT molecular complexity index is 961. The van der Waals surface area contributed by atoms with Crippen LogP contribution in [0.3, 0.4) is 0 Å². The van der Waals surface area contributed by atoms with Crippen LogP contribution in [-0.4, -0.2) is 17.1 Å². The number of benzene rings is 3. The molecule has 0 aliphatic heterocycles. The highest BCUT2D eigenvalue weighted by molar-refractivity contribution is 7.80.